The van der Waals surface area contributed by atoms with E-state index in [-0.39, 0.29) is 5.91 Å². The predicted octanol–water partition coefficient (Wildman–Crippen LogP) is 3.70. The van der Waals surface area contributed by atoms with Crippen LogP contribution < -0.4 is 16.4 Å². The third-order valence-corrected chi connectivity index (χ3v) is 3.95. The van der Waals surface area contributed by atoms with Crippen molar-refractivity contribution in [3.05, 3.63) is 52.0 Å². The Kier molecular flexibility index (Phi) is 6.10. The van der Waals surface area contributed by atoms with Crippen LogP contribution in [0.4, 0.5) is 17.1 Å². The fraction of sp³-hybridized carbons (Fsp3) is 0.188. The first-order valence-electron chi connectivity index (χ1n) is 6.90. The summed E-state index contributed by atoms with van der Waals surface area (Å²) in [5.41, 5.74) is 8.19. The van der Waals surface area contributed by atoms with Gasteiger partial charge in [-0.25, -0.2) is 0 Å². The Labute approximate surface area is 144 Å². The number of anilines is 3. The highest BCUT2D eigenvalue weighted by Crippen LogP contribution is 2.33. The minimum absolute atomic E-state index is 0.207. The van der Waals surface area contributed by atoms with Crippen LogP contribution in [0.25, 0.3) is 0 Å². The molecular formula is C16H17Cl2N3O2. The van der Waals surface area contributed by atoms with Crippen molar-refractivity contribution in [1.29, 1.82) is 0 Å². The number of rotatable bonds is 6. The van der Waals surface area contributed by atoms with E-state index in [0.29, 0.717) is 45.8 Å². The van der Waals surface area contributed by atoms with E-state index < -0.39 is 0 Å². The van der Waals surface area contributed by atoms with Gasteiger partial charge >= 0.3 is 0 Å². The molecule has 0 aromatic heterocycles. The maximum atomic E-state index is 12.0. The lowest BCUT2D eigenvalue weighted by atomic mass is 10.1. The summed E-state index contributed by atoms with van der Waals surface area (Å²) in [6, 6.07) is 10.3. The van der Waals surface area contributed by atoms with Crippen LogP contribution in [0, 0.1) is 0 Å². The summed E-state index contributed by atoms with van der Waals surface area (Å²) < 4.78 is 4.89. The van der Waals surface area contributed by atoms with E-state index >= 15 is 0 Å². The number of benzene rings is 2. The van der Waals surface area contributed by atoms with E-state index in [1.165, 1.54) is 0 Å². The van der Waals surface area contributed by atoms with Crippen LogP contribution in [0.5, 0.6) is 0 Å². The quantitative estimate of drug-likeness (QED) is 0.546. The van der Waals surface area contributed by atoms with Crippen LogP contribution in [0.1, 0.15) is 10.4 Å². The van der Waals surface area contributed by atoms with Crippen molar-refractivity contribution in [3.63, 3.8) is 0 Å². The van der Waals surface area contributed by atoms with Crippen LogP contribution in [0.3, 0.4) is 0 Å². The molecule has 0 fully saturated rings. The second-order valence-corrected chi connectivity index (χ2v) is 5.56. The van der Waals surface area contributed by atoms with Gasteiger partial charge in [0.05, 0.1) is 33.7 Å². The summed E-state index contributed by atoms with van der Waals surface area (Å²) in [5, 5.41) is 6.70. The number of nitrogens with two attached hydrogens (primary N) is 1. The number of amides is 1. The molecule has 0 atom stereocenters. The molecule has 1 amide bonds. The van der Waals surface area contributed by atoms with Crippen molar-refractivity contribution >= 4 is 46.2 Å². The Morgan fingerprint density at radius 2 is 2.00 bits per heavy atom. The van der Waals surface area contributed by atoms with E-state index in [1.54, 1.807) is 43.5 Å². The summed E-state index contributed by atoms with van der Waals surface area (Å²) in [6.45, 7) is 0.890. The molecule has 122 valence electrons. The van der Waals surface area contributed by atoms with Crippen molar-refractivity contribution < 1.29 is 9.53 Å². The van der Waals surface area contributed by atoms with Crippen LogP contribution in [0.2, 0.25) is 10.0 Å². The Bertz CT molecular complexity index is 708. The van der Waals surface area contributed by atoms with Crippen LogP contribution in [0.15, 0.2) is 36.4 Å². The average Bonchev–Trinajstić information content (AvgIpc) is 2.53. The highest BCUT2D eigenvalue weighted by atomic mass is 35.5. The van der Waals surface area contributed by atoms with E-state index in [9.17, 15) is 4.79 Å². The maximum Gasteiger partial charge on any atom is 0.251 e. The Hall–Kier alpha value is -1.95. The largest absolute Gasteiger partial charge is 0.397 e. The zero-order valence-electron chi connectivity index (χ0n) is 12.5. The number of hydrogen-bond donors (Lipinski definition) is 3. The molecule has 2 rings (SSSR count). The van der Waals surface area contributed by atoms with Gasteiger partial charge in [-0.2, -0.15) is 0 Å². The molecule has 4 N–H and O–H groups in total. The Morgan fingerprint density at radius 1 is 1.22 bits per heavy atom. The summed E-state index contributed by atoms with van der Waals surface area (Å²) in [5.74, 6) is -0.207. The number of carbonyl (C=O) groups excluding carboxylic acids is 1. The molecule has 0 spiro atoms. The molecule has 0 aliphatic carbocycles. The molecule has 0 aliphatic heterocycles. The van der Waals surface area contributed by atoms with Gasteiger partial charge in [-0.05, 0) is 30.3 Å². The molecule has 0 heterocycles. The van der Waals surface area contributed by atoms with Crippen molar-refractivity contribution in [2.24, 2.45) is 0 Å². The highest BCUT2D eigenvalue weighted by molar-refractivity contribution is 6.43. The molecule has 0 saturated heterocycles. The van der Waals surface area contributed by atoms with Crippen molar-refractivity contribution in [2.45, 2.75) is 0 Å². The van der Waals surface area contributed by atoms with Gasteiger partial charge in [-0.3, -0.25) is 4.79 Å². The summed E-state index contributed by atoms with van der Waals surface area (Å²) in [6.07, 6.45) is 0. The molecular weight excluding hydrogens is 337 g/mol. The lowest BCUT2D eigenvalue weighted by molar-refractivity contribution is 0.0937. The number of nitrogens with one attached hydrogen (secondary N) is 2. The number of carbonyl (C=O) groups is 1. The third kappa shape index (κ3) is 4.51. The lowest BCUT2D eigenvalue weighted by Crippen LogP contribution is -2.27. The molecule has 2 aromatic rings. The second kappa shape index (κ2) is 8.06. The molecule has 5 nitrogen and oxygen atoms in total. The number of hydrogen-bond acceptors (Lipinski definition) is 4. The fourth-order valence-corrected chi connectivity index (χ4v) is 2.28. The van der Waals surface area contributed by atoms with E-state index in [0.717, 1.165) is 0 Å². The molecule has 2 aromatic carbocycles. The van der Waals surface area contributed by atoms with Gasteiger partial charge in [0.25, 0.3) is 5.91 Å². The van der Waals surface area contributed by atoms with Gasteiger partial charge < -0.3 is 21.1 Å². The van der Waals surface area contributed by atoms with Gasteiger partial charge in [0.2, 0.25) is 0 Å². The van der Waals surface area contributed by atoms with Crippen LogP contribution >= 0.6 is 23.2 Å². The molecule has 23 heavy (non-hydrogen) atoms. The highest BCUT2D eigenvalue weighted by Gasteiger charge is 2.10. The van der Waals surface area contributed by atoms with Crippen molar-refractivity contribution in [1.82, 2.24) is 5.32 Å². The molecule has 0 unspecified atom stereocenters. The van der Waals surface area contributed by atoms with Gasteiger partial charge in [-0.1, -0.05) is 29.3 Å². The monoisotopic (exact) mass is 353 g/mol. The normalized spacial score (nSPS) is 10.4. The van der Waals surface area contributed by atoms with Crippen LogP contribution in [-0.4, -0.2) is 26.2 Å². The fourth-order valence-electron chi connectivity index (χ4n) is 1.93. The first-order valence-corrected chi connectivity index (χ1v) is 7.66. The Morgan fingerprint density at radius 3 is 2.70 bits per heavy atom. The van der Waals surface area contributed by atoms with Crippen molar-refractivity contribution in [3.8, 4) is 0 Å². The molecule has 0 saturated carbocycles. The topological polar surface area (TPSA) is 76.4 Å². The number of halogens is 2. The maximum absolute atomic E-state index is 12.0. The zero-order valence-corrected chi connectivity index (χ0v) is 14.0. The first-order chi connectivity index (χ1) is 11.0. The summed E-state index contributed by atoms with van der Waals surface area (Å²) in [7, 11) is 1.57. The first kappa shape index (κ1) is 17.4. The second-order valence-electron chi connectivity index (χ2n) is 4.78. The predicted molar refractivity (Wildman–Crippen MR) is 94.8 cm³/mol. The molecule has 0 aliphatic rings. The summed E-state index contributed by atoms with van der Waals surface area (Å²) in [4.78, 5) is 12.0. The third-order valence-electron chi connectivity index (χ3n) is 3.13. The lowest BCUT2D eigenvalue weighted by Gasteiger charge is -2.13. The van der Waals surface area contributed by atoms with Crippen molar-refractivity contribution in [2.75, 3.05) is 31.3 Å². The Balaban J connectivity index is 2.13. The minimum atomic E-state index is -0.207. The smallest absolute Gasteiger partial charge is 0.251 e. The van der Waals surface area contributed by atoms with Gasteiger partial charge in [0.1, 0.15) is 0 Å². The SMILES string of the molecule is COCCNC(=O)c1ccc(Nc2cccc(Cl)c2Cl)c(N)c1. The number of ether oxygens (including phenoxy) is 1. The minimum Gasteiger partial charge on any atom is -0.397 e. The molecule has 0 radical (unpaired) electrons. The van der Waals surface area contributed by atoms with Gasteiger partial charge in [-0.15, -0.1) is 0 Å². The van der Waals surface area contributed by atoms with E-state index in [4.69, 9.17) is 33.7 Å². The van der Waals surface area contributed by atoms with Crippen LogP contribution in [-0.2, 0) is 4.74 Å². The summed E-state index contributed by atoms with van der Waals surface area (Å²) >= 11 is 12.1. The van der Waals surface area contributed by atoms with E-state index in [1.807, 2.05) is 0 Å². The van der Waals surface area contributed by atoms with Gasteiger partial charge in [0, 0.05) is 19.2 Å². The standard InChI is InChI=1S/C16H17Cl2N3O2/c1-23-8-7-20-16(22)10-5-6-13(12(19)9-10)21-14-4-2-3-11(17)15(14)18/h2-6,9,21H,7-8,19H2,1H3,(H,20,22). The number of methoxy groups -OCH3 is 1. The van der Waals surface area contributed by atoms with E-state index in [2.05, 4.69) is 10.6 Å². The molecule has 7 heteroatoms. The van der Waals surface area contributed by atoms with Gasteiger partial charge in [0.15, 0.2) is 0 Å². The molecule has 0 bridgehead atoms. The average molecular weight is 354 g/mol. The number of nitrogen functional groups attached to an aromatic ring is 1. The zero-order chi connectivity index (χ0) is 16.8.